The zero-order valence-corrected chi connectivity index (χ0v) is 12.8. The Morgan fingerprint density at radius 3 is 3.10 bits per heavy atom. The van der Waals surface area contributed by atoms with E-state index in [0.29, 0.717) is 25.4 Å². The highest BCUT2D eigenvalue weighted by Crippen LogP contribution is 2.32. The van der Waals surface area contributed by atoms with Crippen molar-refractivity contribution in [2.75, 3.05) is 32.7 Å². The first-order chi connectivity index (χ1) is 10.2. The standard InChI is InChI=1S/C16H24N2O3/c1-11-3-4-18(8-15(11)19-2)7-12-5-14(17)6-13-9-20-10-21-16(12)13/h5-6,11,15H,3-4,7-10,17H2,1-2H3. The molecule has 3 rings (SSSR count). The molecule has 0 aromatic heterocycles. The quantitative estimate of drug-likeness (QED) is 0.864. The molecule has 116 valence electrons. The van der Waals surface area contributed by atoms with E-state index >= 15 is 0 Å². The fourth-order valence-electron chi connectivity index (χ4n) is 3.23. The van der Waals surface area contributed by atoms with Crippen LogP contribution in [-0.2, 0) is 22.6 Å². The van der Waals surface area contributed by atoms with Crippen LogP contribution in [-0.4, -0.2) is 38.0 Å². The molecule has 2 aliphatic rings. The third-order valence-electron chi connectivity index (χ3n) is 4.48. The number of ether oxygens (including phenoxy) is 3. The topological polar surface area (TPSA) is 57.0 Å². The number of anilines is 1. The van der Waals surface area contributed by atoms with Crippen LogP contribution in [0.2, 0.25) is 0 Å². The van der Waals surface area contributed by atoms with Crippen molar-refractivity contribution in [3.05, 3.63) is 23.3 Å². The van der Waals surface area contributed by atoms with Crippen LogP contribution in [0.5, 0.6) is 5.75 Å². The molecule has 0 saturated carbocycles. The van der Waals surface area contributed by atoms with Crippen LogP contribution in [0.1, 0.15) is 24.5 Å². The average Bonchev–Trinajstić information content (AvgIpc) is 2.49. The molecule has 0 bridgehead atoms. The van der Waals surface area contributed by atoms with Crippen LogP contribution in [0.4, 0.5) is 5.69 Å². The van der Waals surface area contributed by atoms with Crippen molar-refractivity contribution in [3.63, 3.8) is 0 Å². The van der Waals surface area contributed by atoms with Crippen molar-refractivity contribution in [1.29, 1.82) is 0 Å². The number of benzene rings is 1. The Labute approximate surface area is 126 Å². The van der Waals surface area contributed by atoms with E-state index in [2.05, 4.69) is 11.8 Å². The van der Waals surface area contributed by atoms with Gasteiger partial charge in [0.1, 0.15) is 5.75 Å². The number of nitrogens with two attached hydrogens (primary N) is 1. The lowest BCUT2D eigenvalue weighted by Gasteiger charge is -2.36. The number of hydrogen-bond acceptors (Lipinski definition) is 5. The molecule has 5 heteroatoms. The summed E-state index contributed by atoms with van der Waals surface area (Å²) in [5.41, 5.74) is 8.98. The molecule has 1 aromatic rings. The number of nitrogens with zero attached hydrogens (tertiary/aromatic N) is 1. The summed E-state index contributed by atoms with van der Waals surface area (Å²) in [5, 5.41) is 0. The molecular weight excluding hydrogens is 268 g/mol. The second-order valence-corrected chi connectivity index (χ2v) is 6.05. The third kappa shape index (κ3) is 3.15. The van der Waals surface area contributed by atoms with Gasteiger partial charge in [-0.25, -0.2) is 0 Å². The number of nitrogen functional groups attached to an aromatic ring is 1. The maximum absolute atomic E-state index is 6.01. The van der Waals surface area contributed by atoms with Crippen molar-refractivity contribution in [2.24, 2.45) is 5.92 Å². The highest BCUT2D eigenvalue weighted by molar-refractivity contribution is 5.53. The Kier molecular flexibility index (Phi) is 4.33. The predicted octanol–water partition coefficient (Wildman–Crippen LogP) is 1.99. The van der Waals surface area contributed by atoms with Crippen molar-refractivity contribution in [2.45, 2.75) is 32.6 Å². The fraction of sp³-hybridized carbons (Fsp3) is 0.625. The highest BCUT2D eigenvalue weighted by atomic mass is 16.7. The molecule has 0 spiro atoms. The molecule has 2 heterocycles. The Hall–Kier alpha value is -1.30. The predicted molar refractivity (Wildman–Crippen MR) is 81.0 cm³/mol. The molecule has 2 unspecified atom stereocenters. The summed E-state index contributed by atoms with van der Waals surface area (Å²) >= 11 is 0. The maximum Gasteiger partial charge on any atom is 0.189 e. The normalized spacial score (nSPS) is 26.2. The second kappa shape index (κ2) is 6.22. The van der Waals surface area contributed by atoms with E-state index in [9.17, 15) is 0 Å². The van der Waals surface area contributed by atoms with Gasteiger partial charge in [-0.1, -0.05) is 6.92 Å². The zero-order valence-electron chi connectivity index (χ0n) is 12.8. The smallest absolute Gasteiger partial charge is 0.189 e. The molecule has 2 aliphatic heterocycles. The molecule has 0 amide bonds. The number of hydrogen-bond donors (Lipinski definition) is 1. The van der Waals surface area contributed by atoms with E-state index in [1.54, 1.807) is 7.11 Å². The van der Waals surface area contributed by atoms with E-state index in [1.165, 1.54) is 0 Å². The number of likely N-dealkylation sites (tertiary alicyclic amines) is 1. The zero-order chi connectivity index (χ0) is 14.8. The Morgan fingerprint density at radius 2 is 2.29 bits per heavy atom. The molecule has 1 saturated heterocycles. The van der Waals surface area contributed by atoms with Gasteiger partial charge in [-0.2, -0.15) is 0 Å². The van der Waals surface area contributed by atoms with Crippen LogP contribution in [0.3, 0.4) is 0 Å². The van der Waals surface area contributed by atoms with E-state index < -0.39 is 0 Å². The number of fused-ring (bicyclic) bond motifs is 1. The lowest BCUT2D eigenvalue weighted by molar-refractivity contribution is -0.0203. The van der Waals surface area contributed by atoms with E-state index in [0.717, 1.165) is 48.6 Å². The van der Waals surface area contributed by atoms with Gasteiger partial charge in [0.05, 0.1) is 12.7 Å². The van der Waals surface area contributed by atoms with Gasteiger partial charge in [0.15, 0.2) is 6.79 Å². The van der Waals surface area contributed by atoms with Crippen molar-refractivity contribution in [1.82, 2.24) is 4.90 Å². The van der Waals surface area contributed by atoms with Gasteiger partial charge >= 0.3 is 0 Å². The number of methoxy groups -OCH3 is 1. The van der Waals surface area contributed by atoms with Crippen molar-refractivity contribution >= 4 is 5.69 Å². The molecule has 1 aromatic carbocycles. The molecule has 21 heavy (non-hydrogen) atoms. The lowest BCUT2D eigenvalue weighted by atomic mass is 9.95. The van der Waals surface area contributed by atoms with Crippen LogP contribution < -0.4 is 10.5 Å². The summed E-state index contributed by atoms with van der Waals surface area (Å²) in [6.07, 6.45) is 1.47. The molecule has 0 aliphatic carbocycles. The molecule has 0 radical (unpaired) electrons. The molecule has 1 fully saturated rings. The van der Waals surface area contributed by atoms with E-state index in [1.807, 2.05) is 12.1 Å². The summed E-state index contributed by atoms with van der Waals surface area (Å²) in [4.78, 5) is 2.42. The minimum Gasteiger partial charge on any atom is -0.467 e. The molecule has 2 N–H and O–H groups in total. The first-order valence-corrected chi connectivity index (χ1v) is 7.54. The summed E-state index contributed by atoms with van der Waals surface area (Å²) < 4.78 is 16.6. The fourth-order valence-corrected chi connectivity index (χ4v) is 3.23. The highest BCUT2D eigenvalue weighted by Gasteiger charge is 2.27. The second-order valence-electron chi connectivity index (χ2n) is 6.05. The number of rotatable bonds is 3. The SMILES string of the molecule is COC1CN(Cc2cc(N)cc3c2OCOC3)CCC1C. The van der Waals surface area contributed by atoms with E-state index in [4.69, 9.17) is 19.9 Å². The summed E-state index contributed by atoms with van der Waals surface area (Å²) in [6.45, 7) is 6.04. The van der Waals surface area contributed by atoms with Gasteiger partial charge in [-0.05, 0) is 31.0 Å². The molecule has 5 nitrogen and oxygen atoms in total. The molecule has 2 atom stereocenters. The Bertz CT molecular complexity index is 507. The first kappa shape index (κ1) is 14.6. The largest absolute Gasteiger partial charge is 0.467 e. The van der Waals surface area contributed by atoms with Crippen LogP contribution in [0, 0.1) is 5.92 Å². The monoisotopic (exact) mass is 292 g/mol. The van der Waals surface area contributed by atoms with Gasteiger partial charge in [0.25, 0.3) is 0 Å². The van der Waals surface area contributed by atoms with Crippen molar-refractivity contribution in [3.8, 4) is 5.75 Å². The minimum atomic E-state index is 0.305. The van der Waals surface area contributed by atoms with Gasteiger partial charge in [0, 0.05) is 37.0 Å². The van der Waals surface area contributed by atoms with E-state index in [-0.39, 0.29) is 0 Å². The summed E-state index contributed by atoms with van der Waals surface area (Å²) in [6, 6.07) is 3.96. The van der Waals surface area contributed by atoms with Gasteiger partial charge in [-0.15, -0.1) is 0 Å². The van der Waals surface area contributed by atoms with Crippen LogP contribution in [0.15, 0.2) is 12.1 Å². The Morgan fingerprint density at radius 1 is 1.43 bits per heavy atom. The maximum atomic E-state index is 6.01. The lowest BCUT2D eigenvalue weighted by Crippen LogP contribution is -2.43. The Balaban J connectivity index is 1.77. The van der Waals surface area contributed by atoms with Crippen LogP contribution in [0.25, 0.3) is 0 Å². The summed E-state index contributed by atoms with van der Waals surface area (Å²) in [7, 11) is 1.80. The molecular formula is C16H24N2O3. The summed E-state index contributed by atoms with van der Waals surface area (Å²) in [5.74, 6) is 1.56. The van der Waals surface area contributed by atoms with Crippen LogP contribution >= 0.6 is 0 Å². The van der Waals surface area contributed by atoms with Gasteiger partial charge in [-0.3, -0.25) is 4.90 Å². The first-order valence-electron chi connectivity index (χ1n) is 7.54. The average molecular weight is 292 g/mol. The third-order valence-corrected chi connectivity index (χ3v) is 4.48. The van der Waals surface area contributed by atoms with Crippen molar-refractivity contribution < 1.29 is 14.2 Å². The minimum absolute atomic E-state index is 0.305. The number of piperidine rings is 1. The van der Waals surface area contributed by atoms with Gasteiger partial charge < -0.3 is 19.9 Å². The van der Waals surface area contributed by atoms with Gasteiger partial charge in [0.2, 0.25) is 0 Å².